The van der Waals surface area contributed by atoms with E-state index in [4.69, 9.17) is 20.4 Å². The molecule has 7 nitrogen and oxygen atoms in total. The van der Waals surface area contributed by atoms with Gasteiger partial charge in [-0.05, 0) is 57.1 Å². The Kier molecular flexibility index (Phi) is 4.75. The van der Waals surface area contributed by atoms with Crippen molar-refractivity contribution in [3.05, 3.63) is 59.5 Å². The van der Waals surface area contributed by atoms with Crippen LogP contribution in [0.4, 0.5) is 5.82 Å². The van der Waals surface area contributed by atoms with Crippen LogP contribution in [0.15, 0.2) is 42.5 Å². The molecule has 1 aliphatic rings. The summed E-state index contributed by atoms with van der Waals surface area (Å²) in [7, 11) is 1.69. The highest BCUT2D eigenvalue weighted by atomic mass is 16.5. The number of aromatic nitrogens is 4. The van der Waals surface area contributed by atoms with Gasteiger partial charge in [-0.3, -0.25) is 9.88 Å². The molecule has 7 heteroatoms. The van der Waals surface area contributed by atoms with E-state index in [0.717, 1.165) is 71.9 Å². The molecule has 1 fully saturated rings. The van der Waals surface area contributed by atoms with E-state index >= 15 is 0 Å². The number of likely N-dealkylation sites (tertiary alicyclic amines) is 1. The second-order valence-corrected chi connectivity index (χ2v) is 8.07. The van der Waals surface area contributed by atoms with Gasteiger partial charge in [0.1, 0.15) is 11.6 Å². The third-order valence-electron chi connectivity index (χ3n) is 5.94. The number of hydrogen-bond donors (Lipinski definition) is 1. The molecule has 30 heavy (non-hydrogen) atoms. The smallest absolute Gasteiger partial charge is 0.157 e. The van der Waals surface area contributed by atoms with Crippen molar-refractivity contribution >= 4 is 22.4 Å². The summed E-state index contributed by atoms with van der Waals surface area (Å²) in [5.74, 6) is 1.95. The Balaban J connectivity index is 1.26. The summed E-state index contributed by atoms with van der Waals surface area (Å²) in [5, 5.41) is 5.50. The van der Waals surface area contributed by atoms with Crippen molar-refractivity contribution in [2.75, 3.05) is 25.9 Å². The zero-order valence-corrected chi connectivity index (χ0v) is 17.4. The molecule has 0 amide bonds. The number of anilines is 1. The number of rotatable bonds is 4. The summed E-state index contributed by atoms with van der Waals surface area (Å²) < 4.78 is 7.02. The molecule has 3 aromatic heterocycles. The number of nitrogens with two attached hydrogens (primary N) is 1. The van der Waals surface area contributed by atoms with E-state index in [0.29, 0.717) is 11.7 Å². The first-order valence-electron chi connectivity index (χ1n) is 10.4. The third kappa shape index (κ3) is 3.57. The molecule has 0 bridgehead atoms. The number of methoxy groups -OCH3 is 1. The minimum Gasteiger partial charge on any atom is -0.497 e. The Morgan fingerprint density at radius 2 is 1.90 bits per heavy atom. The van der Waals surface area contributed by atoms with Crippen LogP contribution in [0.2, 0.25) is 0 Å². The fourth-order valence-electron chi connectivity index (χ4n) is 4.32. The summed E-state index contributed by atoms with van der Waals surface area (Å²) in [6.45, 7) is 4.88. The maximum Gasteiger partial charge on any atom is 0.157 e. The minimum absolute atomic E-state index is 0.431. The first-order valence-corrected chi connectivity index (χ1v) is 10.4. The van der Waals surface area contributed by atoms with Gasteiger partial charge in [-0.25, -0.2) is 4.98 Å². The standard InChI is InChI=1S/C23H26N6O/c1-15-11-23-26-21(13-22(24)29(23)27-15)16-7-9-28(10-8-16)14-18-4-3-17-12-19(30-2)5-6-20(17)25-18/h3-6,11-13,16H,7-10,14,24H2,1-2H3. The molecular weight excluding hydrogens is 376 g/mol. The van der Waals surface area contributed by atoms with E-state index in [-0.39, 0.29) is 0 Å². The van der Waals surface area contributed by atoms with Crippen molar-refractivity contribution in [1.82, 2.24) is 24.5 Å². The fraction of sp³-hybridized carbons (Fsp3) is 0.348. The highest BCUT2D eigenvalue weighted by Crippen LogP contribution is 2.29. The number of ether oxygens (including phenoxy) is 1. The Morgan fingerprint density at radius 1 is 1.07 bits per heavy atom. The quantitative estimate of drug-likeness (QED) is 0.562. The second-order valence-electron chi connectivity index (χ2n) is 8.07. The summed E-state index contributed by atoms with van der Waals surface area (Å²) in [4.78, 5) is 12.1. The number of piperidine rings is 1. The van der Waals surface area contributed by atoms with E-state index in [9.17, 15) is 0 Å². The van der Waals surface area contributed by atoms with Crippen LogP contribution in [-0.2, 0) is 6.54 Å². The number of nitrogen functional groups attached to an aromatic ring is 1. The van der Waals surface area contributed by atoms with Gasteiger partial charge in [0.25, 0.3) is 0 Å². The number of nitrogens with zero attached hydrogens (tertiary/aromatic N) is 5. The highest BCUT2D eigenvalue weighted by Gasteiger charge is 2.23. The van der Waals surface area contributed by atoms with Gasteiger partial charge in [-0.2, -0.15) is 9.61 Å². The molecule has 5 rings (SSSR count). The molecule has 1 aromatic carbocycles. The molecule has 2 N–H and O–H groups in total. The average Bonchev–Trinajstić information content (AvgIpc) is 3.15. The van der Waals surface area contributed by atoms with Crippen LogP contribution < -0.4 is 10.5 Å². The van der Waals surface area contributed by atoms with E-state index < -0.39 is 0 Å². The summed E-state index contributed by atoms with van der Waals surface area (Å²) in [5.41, 5.74) is 11.2. The largest absolute Gasteiger partial charge is 0.497 e. The molecular formula is C23H26N6O. The molecule has 1 saturated heterocycles. The normalized spacial score (nSPS) is 15.8. The van der Waals surface area contributed by atoms with Gasteiger partial charge in [0.15, 0.2) is 5.65 Å². The predicted molar refractivity (Wildman–Crippen MR) is 118 cm³/mol. The Bertz CT molecular complexity index is 1210. The van der Waals surface area contributed by atoms with Crippen molar-refractivity contribution in [3.8, 4) is 5.75 Å². The van der Waals surface area contributed by atoms with Crippen LogP contribution >= 0.6 is 0 Å². The maximum absolute atomic E-state index is 6.20. The molecule has 0 atom stereocenters. The number of fused-ring (bicyclic) bond motifs is 2. The van der Waals surface area contributed by atoms with Crippen molar-refractivity contribution in [2.45, 2.75) is 32.2 Å². The van der Waals surface area contributed by atoms with Crippen LogP contribution in [0, 0.1) is 6.92 Å². The SMILES string of the molecule is COc1ccc2nc(CN3CCC(c4cc(N)n5nc(C)cc5n4)CC3)ccc2c1. The highest BCUT2D eigenvalue weighted by molar-refractivity contribution is 5.80. The van der Waals surface area contributed by atoms with Gasteiger partial charge in [0.2, 0.25) is 0 Å². The van der Waals surface area contributed by atoms with Crippen LogP contribution in [0.3, 0.4) is 0 Å². The zero-order valence-electron chi connectivity index (χ0n) is 17.4. The van der Waals surface area contributed by atoms with E-state index in [1.807, 2.05) is 37.3 Å². The number of hydrogen-bond acceptors (Lipinski definition) is 6. The Hall–Kier alpha value is -3.19. The molecule has 0 aliphatic carbocycles. The lowest BCUT2D eigenvalue weighted by Gasteiger charge is -2.31. The van der Waals surface area contributed by atoms with Crippen LogP contribution in [0.25, 0.3) is 16.6 Å². The molecule has 4 aromatic rings. The summed E-state index contributed by atoms with van der Waals surface area (Å²) >= 11 is 0. The van der Waals surface area contributed by atoms with Gasteiger partial charge in [0.05, 0.1) is 24.0 Å². The third-order valence-corrected chi connectivity index (χ3v) is 5.94. The van der Waals surface area contributed by atoms with E-state index in [2.05, 4.69) is 22.1 Å². The predicted octanol–water partition coefficient (Wildman–Crippen LogP) is 3.56. The van der Waals surface area contributed by atoms with Crippen molar-refractivity contribution in [1.29, 1.82) is 0 Å². The lowest BCUT2D eigenvalue weighted by Crippen LogP contribution is -2.33. The number of pyridine rings is 1. The fourth-order valence-corrected chi connectivity index (χ4v) is 4.32. The van der Waals surface area contributed by atoms with Crippen molar-refractivity contribution in [3.63, 3.8) is 0 Å². The Labute approximate surface area is 175 Å². The van der Waals surface area contributed by atoms with Gasteiger partial charge in [0, 0.05) is 35.7 Å². The summed E-state index contributed by atoms with van der Waals surface area (Å²) in [6.07, 6.45) is 2.14. The number of benzene rings is 1. The van der Waals surface area contributed by atoms with Crippen LogP contribution in [0.1, 0.15) is 35.8 Å². The lowest BCUT2D eigenvalue weighted by molar-refractivity contribution is 0.201. The Morgan fingerprint density at radius 3 is 2.70 bits per heavy atom. The van der Waals surface area contributed by atoms with E-state index in [1.54, 1.807) is 11.6 Å². The van der Waals surface area contributed by atoms with Gasteiger partial charge >= 0.3 is 0 Å². The van der Waals surface area contributed by atoms with Gasteiger partial charge in [-0.15, -0.1) is 0 Å². The summed E-state index contributed by atoms with van der Waals surface area (Å²) in [6, 6.07) is 14.2. The van der Waals surface area contributed by atoms with Crippen molar-refractivity contribution < 1.29 is 4.74 Å². The monoisotopic (exact) mass is 402 g/mol. The van der Waals surface area contributed by atoms with E-state index in [1.165, 1.54) is 0 Å². The first kappa shape index (κ1) is 18.8. The topological polar surface area (TPSA) is 81.6 Å². The molecule has 1 aliphatic heterocycles. The minimum atomic E-state index is 0.431. The zero-order chi connectivity index (χ0) is 20.7. The van der Waals surface area contributed by atoms with Gasteiger partial charge in [-0.1, -0.05) is 6.07 Å². The molecule has 4 heterocycles. The number of aryl methyl sites for hydroxylation is 1. The maximum atomic E-state index is 6.20. The first-order chi connectivity index (χ1) is 14.6. The molecule has 154 valence electrons. The molecule has 0 spiro atoms. The molecule has 0 radical (unpaired) electrons. The van der Waals surface area contributed by atoms with Crippen molar-refractivity contribution in [2.24, 2.45) is 0 Å². The van der Waals surface area contributed by atoms with Gasteiger partial charge < -0.3 is 10.5 Å². The second kappa shape index (κ2) is 7.57. The molecule has 0 unspecified atom stereocenters. The average molecular weight is 403 g/mol. The van der Waals surface area contributed by atoms with Crippen LogP contribution in [0.5, 0.6) is 5.75 Å². The molecule has 0 saturated carbocycles. The lowest BCUT2D eigenvalue weighted by atomic mass is 9.93. The van der Waals surface area contributed by atoms with Crippen LogP contribution in [-0.4, -0.2) is 44.7 Å².